The number of ether oxygens (including phenoxy) is 1. The minimum absolute atomic E-state index is 0.157. The lowest BCUT2D eigenvalue weighted by Crippen LogP contribution is -2.48. The van der Waals surface area contributed by atoms with Crippen molar-refractivity contribution >= 4 is 38.6 Å². The molecule has 0 saturated carbocycles. The van der Waals surface area contributed by atoms with E-state index in [1.54, 1.807) is 36.2 Å². The lowest BCUT2D eigenvalue weighted by molar-refractivity contribution is 0.163. The maximum atomic E-state index is 14.4. The zero-order valence-electron chi connectivity index (χ0n) is 15.5. The molecular weight excluding hydrogens is 425 g/mol. The van der Waals surface area contributed by atoms with Gasteiger partial charge in [0.2, 0.25) is 0 Å². The monoisotopic (exact) mass is 443 g/mol. The van der Waals surface area contributed by atoms with E-state index >= 15 is 0 Å². The summed E-state index contributed by atoms with van der Waals surface area (Å²) in [6, 6.07) is 12.7. The molecule has 0 aliphatic carbocycles. The highest BCUT2D eigenvalue weighted by atomic mass is 79.9. The molecule has 0 N–H and O–H groups in total. The molecule has 2 amide bonds. The van der Waals surface area contributed by atoms with E-state index in [0.29, 0.717) is 28.8 Å². The Morgan fingerprint density at radius 2 is 2.00 bits per heavy atom. The molecule has 1 atom stereocenters. The number of fused-ring (bicyclic) bond motifs is 1. The third-order valence-corrected chi connectivity index (χ3v) is 5.82. The van der Waals surface area contributed by atoms with E-state index < -0.39 is 5.82 Å². The van der Waals surface area contributed by atoms with Crippen molar-refractivity contribution in [1.82, 2.24) is 9.88 Å². The highest BCUT2D eigenvalue weighted by Gasteiger charge is 2.27. The second kappa shape index (κ2) is 7.39. The zero-order valence-corrected chi connectivity index (χ0v) is 17.1. The van der Waals surface area contributed by atoms with E-state index in [1.165, 1.54) is 6.07 Å². The highest BCUT2D eigenvalue weighted by Crippen LogP contribution is 2.37. The Morgan fingerprint density at radius 1 is 1.25 bits per heavy atom. The fourth-order valence-corrected chi connectivity index (χ4v) is 3.81. The fraction of sp³-hybridized carbons (Fsp3) is 0.238. The number of pyridine rings is 1. The number of carbonyl (C=O) groups is 1. The standard InChI is InChI=1S/C21H19BrFN3O2/c1-25-14-9-16-18(24-11-14)10-17(23)19(22)20(16)28-12-15(26(2)21(25)27)8-13-6-4-3-5-7-13/h3-7,9-11,15H,8,12H2,1-2H3. The van der Waals surface area contributed by atoms with Gasteiger partial charge in [-0.3, -0.25) is 9.88 Å². The van der Waals surface area contributed by atoms with Crippen LogP contribution in [0.4, 0.5) is 14.9 Å². The predicted molar refractivity (Wildman–Crippen MR) is 110 cm³/mol. The molecule has 28 heavy (non-hydrogen) atoms. The number of aromatic nitrogens is 1. The van der Waals surface area contributed by atoms with Crippen LogP contribution in [0.15, 0.2) is 53.1 Å². The minimum Gasteiger partial charge on any atom is -0.489 e. The first-order chi connectivity index (χ1) is 13.5. The van der Waals surface area contributed by atoms with Crippen molar-refractivity contribution in [2.75, 3.05) is 25.6 Å². The summed E-state index contributed by atoms with van der Waals surface area (Å²) in [6.07, 6.45) is 2.19. The van der Waals surface area contributed by atoms with Gasteiger partial charge in [0.05, 0.1) is 27.9 Å². The predicted octanol–water partition coefficient (Wildman–Crippen LogP) is 4.63. The number of benzene rings is 2. The molecule has 0 saturated heterocycles. The van der Waals surface area contributed by atoms with E-state index in [0.717, 1.165) is 5.56 Å². The first-order valence-electron chi connectivity index (χ1n) is 8.90. The van der Waals surface area contributed by atoms with Crippen molar-refractivity contribution < 1.29 is 13.9 Å². The number of anilines is 1. The van der Waals surface area contributed by atoms with Crippen LogP contribution in [0.3, 0.4) is 0 Å². The van der Waals surface area contributed by atoms with E-state index in [9.17, 15) is 9.18 Å². The summed E-state index contributed by atoms with van der Waals surface area (Å²) in [5.74, 6) is -0.0317. The van der Waals surface area contributed by atoms with Crippen molar-refractivity contribution in [3.8, 4) is 5.75 Å². The second-order valence-electron chi connectivity index (χ2n) is 6.87. The summed E-state index contributed by atoms with van der Waals surface area (Å²) < 4.78 is 20.7. The van der Waals surface area contributed by atoms with Crippen LogP contribution < -0.4 is 9.64 Å². The number of likely N-dealkylation sites (N-methyl/N-ethyl adjacent to an activating group) is 1. The number of rotatable bonds is 2. The van der Waals surface area contributed by atoms with E-state index in [4.69, 9.17) is 4.74 Å². The van der Waals surface area contributed by atoms with E-state index in [2.05, 4.69) is 20.9 Å². The molecule has 5 nitrogen and oxygen atoms in total. The molecule has 1 aliphatic rings. The van der Waals surface area contributed by atoms with Crippen LogP contribution in [-0.4, -0.2) is 42.7 Å². The summed E-state index contributed by atoms with van der Waals surface area (Å²) in [7, 11) is 3.47. The molecule has 7 heteroatoms. The Labute approximate surface area is 170 Å². The summed E-state index contributed by atoms with van der Waals surface area (Å²) in [6.45, 7) is 0.229. The quantitative estimate of drug-likeness (QED) is 0.579. The van der Waals surface area contributed by atoms with Crippen molar-refractivity contribution in [2.24, 2.45) is 0 Å². The van der Waals surface area contributed by atoms with Gasteiger partial charge in [0.25, 0.3) is 0 Å². The molecular formula is C21H19BrFN3O2. The summed E-state index contributed by atoms with van der Waals surface area (Å²) in [5.41, 5.74) is 2.20. The molecule has 1 unspecified atom stereocenters. The largest absolute Gasteiger partial charge is 0.489 e. The van der Waals surface area contributed by atoms with Crippen molar-refractivity contribution in [1.29, 1.82) is 0 Å². The average molecular weight is 444 g/mol. The summed E-state index contributed by atoms with van der Waals surface area (Å²) in [5, 5.41) is 0.661. The molecule has 2 heterocycles. The van der Waals surface area contributed by atoms with Crippen LogP contribution in [0.2, 0.25) is 0 Å². The number of carbonyl (C=O) groups excluding carboxylic acids is 1. The SMILES string of the molecule is CN1C(=O)N(C)C(Cc2ccccc2)COc2c(Br)c(F)cc3ncc1cc23. The van der Waals surface area contributed by atoms with E-state index in [-0.39, 0.29) is 23.2 Å². The molecule has 2 aromatic carbocycles. The van der Waals surface area contributed by atoms with Gasteiger partial charge in [0, 0.05) is 25.5 Å². The van der Waals surface area contributed by atoms with Gasteiger partial charge in [-0.15, -0.1) is 0 Å². The minimum atomic E-state index is -0.433. The zero-order chi connectivity index (χ0) is 19.8. The Hall–Kier alpha value is -2.67. The summed E-state index contributed by atoms with van der Waals surface area (Å²) in [4.78, 5) is 20.5. The Kier molecular flexibility index (Phi) is 4.93. The summed E-state index contributed by atoms with van der Waals surface area (Å²) >= 11 is 3.30. The van der Waals surface area contributed by atoms with Crippen LogP contribution >= 0.6 is 15.9 Å². The van der Waals surface area contributed by atoms with Crippen LogP contribution in [0.5, 0.6) is 5.75 Å². The molecule has 144 valence electrons. The number of amides is 2. The molecule has 1 aliphatic heterocycles. The van der Waals surface area contributed by atoms with Crippen molar-refractivity contribution in [3.05, 3.63) is 64.5 Å². The van der Waals surface area contributed by atoms with Crippen LogP contribution in [0, 0.1) is 5.82 Å². The van der Waals surface area contributed by atoms with Gasteiger partial charge < -0.3 is 9.64 Å². The third-order valence-electron chi connectivity index (χ3n) is 5.08. The number of hydrogen-bond donors (Lipinski definition) is 0. The first-order valence-corrected chi connectivity index (χ1v) is 9.70. The van der Waals surface area contributed by atoms with Crippen molar-refractivity contribution in [2.45, 2.75) is 12.5 Å². The van der Waals surface area contributed by atoms with Crippen LogP contribution in [0.1, 0.15) is 5.56 Å². The van der Waals surface area contributed by atoms with Gasteiger partial charge in [-0.05, 0) is 34.0 Å². The van der Waals surface area contributed by atoms with Crippen LogP contribution in [-0.2, 0) is 6.42 Å². The Morgan fingerprint density at radius 3 is 2.75 bits per heavy atom. The van der Waals surface area contributed by atoms with Gasteiger partial charge in [0.1, 0.15) is 18.2 Å². The topological polar surface area (TPSA) is 45.7 Å². The van der Waals surface area contributed by atoms with Gasteiger partial charge in [-0.25, -0.2) is 9.18 Å². The number of hydrogen-bond acceptors (Lipinski definition) is 3. The lowest BCUT2D eigenvalue weighted by Gasteiger charge is -2.33. The van der Waals surface area contributed by atoms with Crippen molar-refractivity contribution in [3.63, 3.8) is 0 Å². The van der Waals surface area contributed by atoms with Gasteiger partial charge in [-0.2, -0.15) is 0 Å². The van der Waals surface area contributed by atoms with Gasteiger partial charge >= 0.3 is 6.03 Å². The Bertz CT molecular complexity index is 1040. The smallest absolute Gasteiger partial charge is 0.324 e. The number of halogens is 2. The molecule has 0 spiro atoms. The van der Waals surface area contributed by atoms with Gasteiger partial charge in [0.15, 0.2) is 0 Å². The molecule has 2 bridgehead atoms. The number of nitrogens with zero attached hydrogens (tertiary/aromatic N) is 3. The molecule has 4 rings (SSSR count). The first kappa shape index (κ1) is 18.7. The van der Waals surface area contributed by atoms with E-state index in [1.807, 2.05) is 30.3 Å². The molecule has 0 radical (unpaired) electrons. The molecule has 0 fully saturated rings. The lowest BCUT2D eigenvalue weighted by atomic mass is 10.1. The molecule has 3 aromatic rings. The maximum Gasteiger partial charge on any atom is 0.324 e. The van der Waals surface area contributed by atoms with Gasteiger partial charge in [-0.1, -0.05) is 30.3 Å². The highest BCUT2D eigenvalue weighted by molar-refractivity contribution is 9.10. The normalized spacial score (nSPS) is 17.1. The maximum absolute atomic E-state index is 14.4. The second-order valence-corrected chi connectivity index (χ2v) is 7.66. The third kappa shape index (κ3) is 3.30. The fourth-order valence-electron chi connectivity index (χ4n) is 3.37. The Balaban J connectivity index is 1.81. The van der Waals surface area contributed by atoms with Crippen LogP contribution in [0.25, 0.3) is 10.9 Å². The average Bonchev–Trinajstić information content (AvgIpc) is 2.71. The molecule has 1 aromatic heterocycles. The number of urea groups is 1.